The second kappa shape index (κ2) is 5.04. The van der Waals surface area contributed by atoms with Crippen LogP contribution < -0.4 is 0 Å². The Bertz CT molecular complexity index is 247. The number of amides is 1. The van der Waals surface area contributed by atoms with Crippen LogP contribution in [0, 0.1) is 5.92 Å². The van der Waals surface area contributed by atoms with Gasteiger partial charge in [-0.25, -0.2) is 4.79 Å². The van der Waals surface area contributed by atoms with Crippen LogP contribution in [0.1, 0.15) is 34.1 Å². The molecule has 1 aliphatic rings. The number of ether oxygens (including phenoxy) is 2. The van der Waals surface area contributed by atoms with E-state index in [1.54, 1.807) is 12.0 Å². The summed E-state index contributed by atoms with van der Waals surface area (Å²) < 4.78 is 10.7. The van der Waals surface area contributed by atoms with Crippen LogP contribution in [0.15, 0.2) is 0 Å². The Balaban J connectivity index is 2.55. The lowest BCUT2D eigenvalue weighted by molar-refractivity contribution is -0.0172. The van der Waals surface area contributed by atoms with Crippen LogP contribution in [0.3, 0.4) is 0 Å². The van der Waals surface area contributed by atoms with Gasteiger partial charge in [0.25, 0.3) is 0 Å². The lowest BCUT2D eigenvalue weighted by atomic mass is 9.98. The minimum absolute atomic E-state index is 0.135. The van der Waals surface area contributed by atoms with Crippen LogP contribution in [-0.2, 0) is 9.47 Å². The molecule has 16 heavy (non-hydrogen) atoms. The van der Waals surface area contributed by atoms with E-state index in [0.29, 0.717) is 12.5 Å². The van der Waals surface area contributed by atoms with Gasteiger partial charge in [-0.3, -0.25) is 0 Å². The summed E-state index contributed by atoms with van der Waals surface area (Å²) in [5.41, 5.74) is -0.430. The predicted octanol–water partition coefficient (Wildman–Crippen LogP) is 2.28. The lowest BCUT2D eigenvalue weighted by Crippen LogP contribution is -2.47. The van der Waals surface area contributed by atoms with Gasteiger partial charge in [0.15, 0.2) is 0 Å². The molecule has 2 atom stereocenters. The summed E-state index contributed by atoms with van der Waals surface area (Å²) >= 11 is 0. The number of methoxy groups -OCH3 is 1. The third kappa shape index (κ3) is 4.00. The van der Waals surface area contributed by atoms with Gasteiger partial charge in [0, 0.05) is 13.7 Å². The maximum atomic E-state index is 11.9. The average molecular weight is 229 g/mol. The Morgan fingerprint density at radius 1 is 1.31 bits per heavy atom. The summed E-state index contributed by atoms with van der Waals surface area (Å²) in [5.74, 6) is 0.464. The molecule has 0 aromatic rings. The minimum Gasteiger partial charge on any atom is -0.444 e. The first-order chi connectivity index (χ1) is 7.31. The van der Waals surface area contributed by atoms with Crippen molar-refractivity contribution in [1.29, 1.82) is 0 Å². The van der Waals surface area contributed by atoms with Gasteiger partial charge in [-0.15, -0.1) is 0 Å². The molecule has 0 aromatic carbocycles. The SMILES string of the molecule is CO[C@@H]1C[C@@H](C)CN(C(=O)OC(C)(C)C)C1. The van der Waals surface area contributed by atoms with Crippen LogP contribution in [-0.4, -0.2) is 42.9 Å². The van der Waals surface area contributed by atoms with E-state index in [1.165, 1.54) is 0 Å². The molecule has 1 saturated heterocycles. The third-order valence-electron chi connectivity index (χ3n) is 2.61. The van der Waals surface area contributed by atoms with Crippen molar-refractivity contribution in [3.63, 3.8) is 0 Å². The quantitative estimate of drug-likeness (QED) is 0.692. The van der Waals surface area contributed by atoms with Crippen molar-refractivity contribution in [2.24, 2.45) is 5.92 Å². The molecule has 1 rings (SSSR count). The van der Waals surface area contributed by atoms with Crippen molar-refractivity contribution >= 4 is 6.09 Å². The zero-order valence-corrected chi connectivity index (χ0v) is 10.9. The molecule has 0 aromatic heterocycles. The van der Waals surface area contributed by atoms with E-state index in [1.807, 2.05) is 20.8 Å². The second-order valence-electron chi connectivity index (χ2n) is 5.58. The molecule has 0 saturated carbocycles. The zero-order chi connectivity index (χ0) is 12.3. The Kier molecular flexibility index (Phi) is 4.19. The largest absolute Gasteiger partial charge is 0.444 e. The molecule has 1 aliphatic heterocycles. The maximum absolute atomic E-state index is 11.9. The molecule has 4 nitrogen and oxygen atoms in total. The van der Waals surface area contributed by atoms with Crippen molar-refractivity contribution in [2.75, 3.05) is 20.2 Å². The third-order valence-corrected chi connectivity index (χ3v) is 2.61. The van der Waals surface area contributed by atoms with Gasteiger partial charge >= 0.3 is 6.09 Å². The number of hydrogen-bond donors (Lipinski definition) is 0. The van der Waals surface area contributed by atoms with Gasteiger partial charge in [0.05, 0.1) is 12.6 Å². The van der Waals surface area contributed by atoms with Crippen molar-refractivity contribution in [1.82, 2.24) is 4.90 Å². The summed E-state index contributed by atoms with van der Waals surface area (Å²) in [6.07, 6.45) is 0.910. The molecule has 94 valence electrons. The predicted molar refractivity (Wildman–Crippen MR) is 62.4 cm³/mol. The summed E-state index contributed by atoms with van der Waals surface area (Å²) in [4.78, 5) is 13.6. The number of carbonyl (C=O) groups excluding carboxylic acids is 1. The van der Waals surface area contributed by atoms with Gasteiger partial charge < -0.3 is 14.4 Å². The van der Waals surface area contributed by atoms with Crippen LogP contribution in [0.25, 0.3) is 0 Å². The number of piperidine rings is 1. The number of rotatable bonds is 1. The molecule has 0 aliphatic carbocycles. The summed E-state index contributed by atoms with van der Waals surface area (Å²) in [6, 6.07) is 0. The van der Waals surface area contributed by atoms with E-state index < -0.39 is 5.60 Å². The molecule has 0 N–H and O–H groups in total. The normalized spacial score (nSPS) is 26.7. The van der Waals surface area contributed by atoms with Crippen LogP contribution in [0.5, 0.6) is 0 Å². The van der Waals surface area contributed by atoms with Crippen molar-refractivity contribution in [2.45, 2.75) is 45.8 Å². The van der Waals surface area contributed by atoms with Crippen LogP contribution in [0.2, 0.25) is 0 Å². The first-order valence-electron chi connectivity index (χ1n) is 5.82. The smallest absolute Gasteiger partial charge is 0.410 e. The molecular formula is C12H23NO3. The number of carbonyl (C=O) groups is 1. The topological polar surface area (TPSA) is 38.8 Å². The lowest BCUT2D eigenvalue weighted by Gasteiger charge is -2.36. The molecule has 1 fully saturated rings. The Morgan fingerprint density at radius 3 is 2.44 bits per heavy atom. The molecule has 4 heteroatoms. The first kappa shape index (κ1) is 13.3. The van der Waals surface area contributed by atoms with E-state index >= 15 is 0 Å². The van der Waals surface area contributed by atoms with Gasteiger partial charge in [0.2, 0.25) is 0 Å². The van der Waals surface area contributed by atoms with Crippen molar-refractivity contribution in [3.8, 4) is 0 Å². The van der Waals surface area contributed by atoms with E-state index in [2.05, 4.69) is 6.92 Å². The van der Waals surface area contributed by atoms with Crippen molar-refractivity contribution < 1.29 is 14.3 Å². The van der Waals surface area contributed by atoms with E-state index in [-0.39, 0.29) is 12.2 Å². The Morgan fingerprint density at radius 2 is 1.94 bits per heavy atom. The minimum atomic E-state index is -0.430. The Hall–Kier alpha value is -0.770. The summed E-state index contributed by atoms with van der Waals surface area (Å²) in [5, 5.41) is 0. The van der Waals surface area contributed by atoms with Gasteiger partial charge in [-0.1, -0.05) is 6.92 Å². The van der Waals surface area contributed by atoms with Gasteiger partial charge in [0.1, 0.15) is 5.60 Å². The standard InChI is InChI=1S/C12H23NO3/c1-9-6-10(15-5)8-13(7-9)11(14)16-12(2,3)4/h9-10H,6-8H2,1-5H3/t9-,10-/m1/s1. The van der Waals surface area contributed by atoms with Crippen LogP contribution >= 0.6 is 0 Å². The summed E-state index contributed by atoms with van der Waals surface area (Å²) in [6.45, 7) is 9.16. The van der Waals surface area contributed by atoms with E-state index in [0.717, 1.165) is 13.0 Å². The molecular weight excluding hydrogens is 206 g/mol. The fourth-order valence-electron chi connectivity index (χ4n) is 1.94. The number of likely N-dealkylation sites (tertiary alicyclic amines) is 1. The molecule has 0 bridgehead atoms. The highest BCUT2D eigenvalue weighted by Crippen LogP contribution is 2.20. The molecule has 0 unspecified atom stereocenters. The number of nitrogens with zero attached hydrogens (tertiary/aromatic N) is 1. The summed E-state index contributed by atoms with van der Waals surface area (Å²) in [7, 11) is 1.69. The van der Waals surface area contributed by atoms with E-state index in [4.69, 9.17) is 9.47 Å². The zero-order valence-electron chi connectivity index (χ0n) is 10.9. The van der Waals surface area contributed by atoms with Crippen molar-refractivity contribution in [3.05, 3.63) is 0 Å². The van der Waals surface area contributed by atoms with Gasteiger partial charge in [-0.05, 0) is 33.1 Å². The highest BCUT2D eigenvalue weighted by Gasteiger charge is 2.30. The molecule has 0 spiro atoms. The second-order valence-corrected chi connectivity index (χ2v) is 5.58. The van der Waals surface area contributed by atoms with Crippen LogP contribution in [0.4, 0.5) is 4.79 Å². The monoisotopic (exact) mass is 229 g/mol. The first-order valence-corrected chi connectivity index (χ1v) is 5.82. The Labute approximate surface area is 97.9 Å². The van der Waals surface area contributed by atoms with Gasteiger partial charge in [-0.2, -0.15) is 0 Å². The molecule has 1 heterocycles. The highest BCUT2D eigenvalue weighted by atomic mass is 16.6. The average Bonchev–Trinajstić information content (AvgIpc) is 2.14. The fraction of sp³-hybridized carbons (Fsp3) is 0.917. The highest BCUT2D eigenvalue weighted by molar-refractivity contribution is 5.68. The van der Waals surface area contributed by atoms with E-state index in [9.17, 15) is 4.79 Å². The molecule has 1 amide bonds. The maximum Gasteiger partial charge on any atom is 0.410 e. The number of hydrogen-bond acceptors (Lipinski definition) is 3. The fourth-order valence-corrected chi connectivity index (χ4v) is 1.94. The molecule has 0 radical (unpaired) electrons.